The lowest BCUT2D eigenvalue weighted by atomic mass is 10.7. The topological polar surface area (TPSA) is 36.9 Å². The zero-order valence-corrected chi connectivity index (χ0v) is 13.6. The van der Waals surface area contributed by atoms with Crippen molar-refractivity contribution in [3.63, 3.8) is 0 Å². The smallest absolute Gasteiger partial charge is 0.141 e. The molecule has 4 nitrogen and oxygen atoms in total. The van der Waals surface area contributed by atoms with E-state index >= 15 is 0 Å². The Bertz CT molecular complexity index is 151. The van der Waals surface area contributed by atoms with E-state index in [9.17, 15) is 0 Å². The zero-order valence-electron chi connectivity index (χ0n) is 10.8. The minimum atomic E-state index is -0.412. The highest BCUT2D eigenvalue weighted by Gasteiger charge is 2.27. The van der Waals surface area contributed by atoms with Crippen LogP contribution in [0.3, 0.4) is 0 Å². The molecule has 0 saturated heterocycles. The van der Waals surface area contributed by atoms with E-state index in [-0.39, 0.29) is 10.8 Å². The molecule has 15 heavy (non-hydrogen) atoms. The summed E-state index contributed by atoms with van der Waals surface area (Å²) in [6.07, 6.45) is 0. The summed E-state index contributed by atoms with van der Waals surface area (Å²) in [5.74, 6) is 0. The first kappa shape index (κ1) is 15.3. The van der Waals surface area contributed by atoms with Gasteiger partial charge in [-0.25, -0.2) is 0 Å². The Morgan fingerprint density at radius 2 is 1.00 bits per heavy atom. The van der Waals surface area contributed by atoms with Crippen LogP contribution in [0.5, 0.6) is 0 Å². The Labute approximate surface area is 97.3 Å². The third kappa shape index (κ3) is 5.23. The average Bonchev–Trinajstić information content (AvgIpc) is 2.28. The maximum atomic E-state index is 5.35. The minimum absolute atomic E-state index is 0.338. The fraction of sp³-hybridized carbons (Fsp3) is 1.00. The van der Waals surface area contributed by atoms with E-state index in [4.69, 9.17) is 18.9 Å². The van der Waals surface area contributed by atoms with Gasteiger partial charge in [-0.3, -0.25) is 0 Å². The number of hydrogen-bond donors (Lipinski definition) is 0. The van der Waals surface area contributed by atoms with Gasteiger partial charge in [0.2, 0.25) is 0 Å². The lowest BCUT2D eigenvalue weighted by molar-refractivity contribution is -0.132. The van der Waals surface area contributed by atoms with Gasteiger partial charge in [0.15, 0.2) is 0 Å². The van der Waals surface area contributed by atoms with E-state index in [1.807, 2.05) is 13.8 Å². The Hall–Kier alpha value is 0.274. The number of methoxy groups -OCH3 is 4. The summed E-state index contributed by atoms with van der Waals surface area (Å²) in [6.45, 7) is 4.01. The highest BCUT2D eigenvalue weighted by Crippen LogP contribution is 2.13. The molecule has 0 bridgehead atoms. The molecule has 0 aromatic heterocycles. The Balaban J connectivity index is 3.96. The molecule has 0 unspecified atom stereocenters. The van der Waals surface area contributed by atoms with Crippen LogP contribution < -0.4 is 0 Å². The zero-order chi connectivity index (χ0) is 11.9. The van der Waals surface area contributed by atoms with Crippen molar-refractivity contribution in [3.8, 4) is 0 Å². The molecule has 0 fully saturated rings. The molecule has 0 aromatic carbocycles. The van der Waals surface area contributed by atoms with Crippen LogP contribution in [-0.4, -0.2) is 58.3 Å². The Morgan fingerprint density at radius 1 is 0.733 bits per heavy atom. The van der Waals surface area contributed by atoms with Gasteiger partial charge < -0.3 is 18.9 Å². The van der Waals surface area contributed by atoms with Gasteiger partial charge in [0.05, 0.1) is 19.0 Å². The molecule has 0 heterocycles. The first-order valence-corrected chi connectivity index (χ1v) is 8.57. The van der Waals surface area contributed by atoms with Crippen molar-refractivity contribution >= 4 is 19.0 Å². The molecule has 0 aliphatic rings. The molecule has 0 aromatic rings. The third-order valence-electron chi connectivity index (χ3n) is 2.99. The second-order valence-corrected chi connectivity index (χ2v) is 10.3. The molecule has 0 saturated carbocycles. The second-order valence-electron chi connectivity index (χ2n) is 3.94. The summed E-state index contributed by atoms with van der Waals surface area (Å²) in [6, 6.07) is 0. The van der Waals surface area contributed by atoms with Gasteiger partial charge in [-0.2, -0.15) is 0 Å². The fourth-order valence-corrected chi connectivity index (χ4v) is 7.97. The predicted molar refractivity (Wildman–Crippen MR) is 66.7 cm³/mol. The van der Waals surface area contributed by atoms with Crippen LogP contribution in [0, 0.1) is 0 Å². The van der Waals surface area contributed by atoms with Crippen LogP contribution in [0.4, 0.5) is 0 Å². The van der Waals surface area contributed by atoms with Gasteiger partial charge in [-0.1, -0.05) is 5.67 Å². The summed E-state index contributed by atoms with van der Waals surface area (Å²) in [4.78, 5) is 0. The van der Waals surface area contributed by atoms with Gasteiger partial charge in [-0.05, 0) is 13.8 Å². The SMILES string of the molecule is COC(C)(OC)[SiH2]C[SiH2]C(C)(OC)OC. The lowest BCUT2D eigenvalue weighted by Gasteiger charge is -2.29. The standard InChI is InChI=1S/C9H24O4Si2/c1-8(10-3,11-4)14-7-15-9(2,12-5)13-6/h7,14-15H2,1-6H3. The van der Waals surface area contributed by atoms with Crippen LogP contribution in [0.25, 0.3) is 0 Å². The first-order chi connectivity index (χ1) is 6.95. The predicted octanol–water partition coefficient (Wildman–Crippen LogP) is -0.367. The quantitative estimate of drug-likeness (QED) is 0.436. The molecule has 0 aliphatic carbocycles. The highest BCUT2D eigenvalue weighted by molar-refractivity contribution is 6.58. The maximum Gasteiger partial charge on any atom is 0.141 e. The van der Waals surface area contributed by atoms with Gasteiger partial charge in [-0.15, -0.1) is 0 Å². The van der Waals surface area contributed by atoms with Crippen LogP contribution in [-0.2, 0) is 18.9 Å². The van der Waals surface area contributed by atoms with Gasteiger partial charge in [0, 0.05) is 28.4 Å². The molecule has 0 atom stereocenters. The van der Waals surface area contributed by atoms with Crippen molar-refractivity contribution in [2.45, 2.75) is 30.3 Å². The second kappa shape index (κ2) is 6.77. The number of hydrogen-bond acceptors (Lipinski definition) is 4. The van der Waals surface area contributed by atoms with E-state index in [2.05, 4.69) is 0 Å². The van der Waals surface area contributed by atoms with E-state index in [0.717, 1.165) is 0 Å². The lowest BCUT2D eigenvalue weighted by Crippen LogP contribution is -2.42. The van der Waals surface area contributed by atoms with E-state index in [1.165, 1.54) is 5.67 Å². The molecular formula is C9H24O4Si2. The highest BCUT2D eigenvalue weighted by atomic mass is 28.3. The van der Waals surface area contributed by atoms with Crippen molar-refractivity contribution in [3.05, 3.63) is 0 Å². The summed E-state index contributed by atoms with van der Waals surface area (Å²) in [7, 11) is 5.97. The van der Waals surface area contributed by atoms with Gasteiger partial charge in [0.1, 0.15) is 10.8 Å². The molecule has 6 heteroatoms. The van der Waals surface area contributed by atoms with Crippen LogP contribution in [0.1, 0.15) is 13.8 Å². The number of rotatable bonds is 8. The molecular weight excluding hydrogens is 228 g/mol. The summed E-state index contributed by atoms with van der Waals surface area (Å²) in [5.41, 5.74) is 0.515. The molecule has 0 spiro atoms. The van der Waals surface area contributed by atoms with E-state index in [1.54, 1.807) is 28.4 Å². The third-order valence-corrected chi connectivity index (χ3v) is 8.79. The fourth-order valence-electron chi connectivity index (χ4n) is 1.31. The van der Waals surface area contributed by atoms with Crippen LogP contribution in [0.15, 0.2) is 0 Å². The average molecular weight is 252 g/mol. The monoisotopic (exact) mass is 252 g/mol. The molecule has 0 rings (SSSR count). The maximum absolute atomic E-state index is 5.35. The molecule has 0 aliphatic heterocycles. The summed E-state index contributed by atoms with van der Waals surface area (Å²) in [5, 5.41) is 0. The first-order valence-electron chi connectivity index (χ1n) is 5.16. The van der Waals surface area contributed by atoms with Gasteiger partial charge in [0.25, 0.3) is 0 Å². The van der Waals surface area contributed by atoms with Crippen molar-refractivity contribution in [1.29, 1.82) is 0 Å². The van der Waals surface area contributed by atoms with Crippen molar-refractivity contribution in [1.82, 2.24) is 0 Å². The van der Waals surface area contributed by atoms with Crippen molar-refractivity contribution < 1.29 is 18.9 Å². The van der Waals surface area contributed by atoms with Crippen molar-refractivity contribution in [2.24, 2.45) is 0 Å². The Morgan fingerprint density at radius 3 is 1.20 bits per heavy atom. The summed E-state index contributed by atoms with van der Waals surface area (Å²) >= 11 is 0. The minimum Gasteiger partial charge on any atom is -0.358 e. The van der Waals surface area contributed by atoms with Crippen LogP contribution >= 0.6 is 0 Å². The molecule has 0 N–H and O–H groups in total. The van der Waals surface area contributed by atoms with Gasteiger partial charge >= 0.3 is 0 Å². The van der Waals surface area contributed by atoms with Crippen LogP contribution in [0.2, 0.25) is 5.67 Å². The molecule has 0 radical (unpaired) electrons. The normalized spacial score (nSPS) is 14.8. The van der Waals surface area contributed by atoms with E-state index < -0.39 is 19.0 Å². The van der Waals surface area contributed by atoms with Crippen molar-refractivity contribution in [2.75, 3.05) is 28.4 Å². The summed E-state index contributed by atoms with van der Waals surface area (Å²) < 4.78 is 21.4. The molecule has 0 amide bonds. The Kier molecular flexibility index (Phi) is 6.89. The largest absolute Gasteiger partial charge is 0.358 e. The van der Waals surface area contributed by atoms with E-state index in [0.29, 0.717) is 0 Å². The number of ether oxygens (including phenoxy) is 4. The molecule has 92 valence electrons.